The van der Waals surface area contributed by atoms with Crippen LogP contribution in [0, 0.1) is 0 Å². The van der Waals surface area contributed by atoms with Crippen LogP contribution in [0.5, 0.6) is 0 Å². The van der Waals surface area contributed by atoms with Crippen molar-refractivity contribution in [2.24, 2.45) is 0 Å². The van der Waals surface area contributed by atoms with Crippen LogP contribution in [0.25, 0.3) is 60.2 Å². The SMILES string of the molecule is c1ccc(-n2c3ccccc3c3c4ccccc4c4c5ccccc5oc4c32)cc1. The van der Waals surface area contributed by atoms with E-state index in [2.05, 4.69) is 102 Å². The van der Waals surface area contributed by atoms with Gasteiger partial charge in [-0.05, 0) is 35.0 Å². The average Bonchev–Trinajstić information content (AvgIpc) is 3.36. The Labute approximate surface area is 172 Å². The highest BCUT2D eigenvalue weighted by Gasteiger charge is 2.22. The molecular formula is C28H17NO. The molecule has 0 aliphatic carbocycles. The van der Waals surface area contributed by atoms with Gasteiger partial charge >= 0.3 is 0 Å². The second kappa shape index (κ2) is 5.74. The second-order valence-corrected chi connectivity index (χ2v) is 7.76. The van der Waals surface area contributed by atoms with E-state index in [1.807, 2.05) is 6.07 Å². The number of hydrogen-bond acceptors (Lipinski definition) is 1. The lowest BCUT2D eigenvalue weighted by molar-refractivity contribution is 0.671. The molecule has 0 aliphatic heterocycles. The van der Waals surface area contributed by atoms with Gasteiger partial charge in [0.15, 0.2) is 5.58 Å². The first kappa shape index (κ1) is 15.8. The number of para-hydroxylation sites is 3. The number of hydrogen-bond donors (Lipinski definition) is 0. The maximum Gasteiger partial charge on any atom is 0.160 e. The van der Waals surface area contributed by atoms with Crippen LogP contribution in [0.1, 0.15) is 0 Å². The summed E-state index contributed by atoms with van der Waals surface area (Å²) >= 11 is 0. The van der Waals surface area contributed by atoms with Gasteiger partial charge in [-0.25, -0.2) is 0 Å². The van der Waals surface area contributed by atoms with Gasteiger partial charge in [-0.1, -0.05) is 78.9 Å². The van der Waals surface area contributed by atoms with Crippen LogP contribution in [0.4, 0.5) is 0 Å². The Morgan fingerprint density at radius 1 is 0.500 bits per heavy atom. The molecule has 0 aliphatic rings. The molecule has 0 N–H and O–H groups in total. The molecule has 0 spiro atoms. The second-order valence-electron chi connectivity index (χ2n) is 7.76. The Morgan fingerprint density at radius 2 is 1.10 bits per heavy atom. The maximum absolute atomic E-state index is 6.54. The summed E-state index contributed by atoms with van der Waals surface area (Å²) in [6.45, 7) is 0. The van der Waals surface area contributed by atoms with Crippen LogP contribution >= 0.6 is 0 Å². The predicted molar refractivity (Wildman–Crippen MR) is 126 cm³/mol. The summed E-state index contributed by atoms with van der Waals surface area (Å²) in [5.41, 5.74) is 5.34. The molecule has 2 aromatic heterocycles. The first-order chi connectivity index (χ1) is 14.9. The maximum atomic E-state index is 6.54. The Kier molecular flexibility index (Phi) is 3.03. The third-order valence-electron chi connectivity index (χ3n) is 6.17. The number of benzene rings is 5. The summed E-state index contributed by atoms with van der Waals surface area (Å²) in [6, 6.07) is 36.3. The Morgan fingerprint density at radius 3 is 1.90 bits per heavy atom. The van der Waals surface area contributed by atoms with Crippen LogP contribution in [0.15, 0.2) is 108 Å². The zero-order valence-corrected chi connectivity index (χ0v) is 16.2. The van der Waals surface area contributed by atoms with Gasteiger partial charge in [0.05, 0.1) is 11.0 Å². The van der Waals surface area contributed by atoms with Crippen LogP contribution < -0.4 is 0 Å². The molecule has 2 nitrogen and oxygen atoms in total. The summed E-state index contributed by atoms with van der Waals surface area (Å²) < 4.78 is 8.89. The monoisotopic (exact) mass is 383 g/mol. The molecule has 7 aromatic rings. The molecule has 5 aromatic carbocycles. The Hall–Kier alpha value is -4.04. The van der Waals surface area contributed by atoms with Crippen LogP contribution in [-0.4, -0.2) is 4.57 Å². The largest absolute Gasteiger partial charge is 0.454 e. The number of fused-ring (bicyclic) bond motifs is 10. The number of rotatable bonds is 1. The van der Waals surface area contributed by atoms with Crippen molar-refractivity contribution in [3.05, 3.63) is 103 Å². The third kappa shape index (κ3) is 1.93. The smallest absolute Gasteiger partial charge is 0.160 e. The van der Waals surface area contributed by atoms with E-state index >= 15 is 0 Å². The molecule has 0 atom stereocenters. The molecular weight excluding hydrogens is 366 g/mol. The van der Waals surface area contributed by atoms with Gasteiger partial charge in [0.2, 0.25) is 0 Å². The fraction of sp³-hybridized carbons (Fsp3) is 0. The molecule has 0 radical (unpaired) electrons. The summed E-state index contributed by atoms with van der Waals surface area (Å²) in [5.74, 6) is 0. The average molecular weight is 383 g/mol. The third-order valence-corrected chi connectivity index (χ3v) is 6.17. The molecule has 0 bridgehead atoms. The lowest BCUT2D eigenvalue weighted by Crippen LogP contribution is -1.93. The molecule has 0 fully saturated rings. The van der Waals surface area contributed by atoms with Crippen LogP contribution in [0.3, 0.4) is 0 Å². The fourth-order valence-electron chi connectivity index (χ4n) is 4.97. The minimum Gasteiger partial charge on any atom is -0.454 e. The molecule has 2 heterocycles. The molecule has 140 valence electrons. The van der Waals surface area contributed by atoms with Gasteiger partial charge in [-0.3, -0.25) is 0 Å². The van der Waals surface area contributed by atoms with E-state index in [0.29, 0.717) is 0 Å². The predicted octanol–water partition coefficient (Wildman–Crippen LogP) is 7.84. The van der Waals surface area contributed by atoms with Crippen molar-refractivity contribution in [2.75, 3.05) is 0 Å². The Balaban J connectivity index is 1.89. The van der Waals surface area contributed by atoms with Gasteiger partial charge in [0, 0.05) is 27.2 Å². The van der Waals surface area contributed by atoms with Gasteiger partial charge in [-0.15, -0.1) is 0 Å². The normalized spacial score (nSPS) is 12.0. The van der Waals surface area contributed by atoms with Gasteiger partial charge in [-0.2, -0.15) is 0 Å². The number of furan rings is 1. The zero-order valence-electron chi connectivity index (χ0n) is 16.2. The minimum absolute atomic E-state index is 0.926. The fourth-order valence-corrected chi connectivity index (χ4v) is 4.97. The molecule has 0 saturated carbocycles. The van der Waals surface area contributed by atoms with E-state index in [0.717, 1.165) is 27.8 Å². The van der Waals surface area contributed by atoms with Crippen molar-refractivity contribution in [3.63, 3.8) is 0 Å². The zero-order chi connectivity index (χ0) is 19.7. The van der Waals surface area contributed by atoms with Crippen molar-refractivity contribution in [1.29, 1.82) is 0 Å². The summed E-state index contributed by atoms with van der Waals surface area (Å²) in [5, 5.41) is 7.34. The van der Waals surface area contributed by atoms with E-state index in [-0.39, 0.29) is 0 Å². The molecule has 0 saturated heterocycles. The van der Waals surface area contributed by atoms with Crippen LogP contribution in [0.2, 0.25) is 0 Å². The van der Waals surface area contributed by atoms with E-state index < -0.39 is 0 Å². The highest BCUT2D eigenvalue weighted by Crippen LogP contribution is 2.45. The van der Waals surface area contributed by atoms with Crippen LogP contribution in [-0.2, 0) is 0 Å². The summed E-state index contributed by atoms with van der Waals surface area (Å²) in [4.78, 5) is 0. The van der Waals surface area contributed by atoms with Crippen molar-refractivity contribution in [1.82, 2.24) is 4.57 Å². The molecule has 0 unspecified atom stereocenters. The number of aromatic nitrogens is 1. The van der Waals surface area contributed by atoms with Crippen molar-refractivity contribution in [2.45, 2.75) is 0 Å². The molecule has 0 amide bonds. The minimum atomic E-state index is 0.926. The topological polar surface area (TPSA) is 18.1 Å². The van der Waals surface area contributed by atoms with E-state index in [4.69, 9.17) is 4.42 Å². The summed E-state index contributed by atoms with van der Waals surface area (Å²) in [7, 11) is 0. The van der Waals surface area contributed by atoms with Crippen molar-refractivity contribution in [3.8, 4) is 5.69 Å². The van der Waals surface area contributed by atoms with Gasteiger partial charge < -0.3 is 8.98 Å². The van der Waals surface area contributed by atoms with E-state index in [1.54, 1.807) is 0 Å². The lowest BCUT2D eigenvalue weighted by atomic mass is 9.99. The lowest BCUT2D eigenvalue weighted by Gasteiger charge is -2.09. The summed E-state index contributed by atoms with van der Waals surface area (Å²) in [6.07, 6.45) is 0. The molecule has 30 heavy (non-hydrogen) atoms. The van der Waals surface area contributed by atoms with E-state index in [1.165, 1.54) is 32.4 Å². The van der Waals surface area contributed by atoms with Crippen molar-refractivity contribution < 1.29 is 4.42 Å². The quantitative estimate of drug-likeness (QED) is 0.282. The number of nitrogens with zero attached hydrogens (tertiary/aromatic N) is 1. The first-order valence-electron chi connectivity index (χ1n) is 10.2. The molecule has 2 heteroatoms. The van der Waals surface area contributed by atoms with E-state index in [9.17, 15) is 0 Å². The van der Waals surface area contributed by atoms with Gasteiger partial charge in [0.1, 0.15) is 5.58 Å². The Bertz CT molecular complexity index is 1740. The highest BCUT2D eigenvalue weighted by atomic mass is 16.3. The standard InChI is InChI=1S/C28H17NO/c1-2-10-18(11-3-1)29-23-16-8-6-14-21(23)25-19-12-4-5-13-20(19)26-22-15-7-9-17-24(22)30-28(26)27(25)29/h1-17H. The highest BCUT2D eigenvalue weighted by molar-refractivity contribution is 6.34. The van der Waals surface area contributed by atoms with Gasteiger partial charge in [0.25, 0.3) is 0 Å². The molecule has 7 rings (SSSR count). The van der Waals surface area contributed by atoms with Crippen molar-refractivity contribution >= 4 is 54.5 Å². The first-order valence-corrected chi connectivity index (χ1v) is 10.2.